The lowest BCUT2D eigenvalue weighted by atomic mass is 10.4. The van der Waals surface area contributed by atoms with Crippen molar-refractivity contribution >= 4 is 9.84 Å². The average molecular weight is 201 g/mol. The smallest absolute Gasteiger partial charge is 0.154 e. The summed E-state index contributed by atoms with van der Waals surface area (Å²) < 4.78 is 21.8. The van der Waals surface area contributed by atoms with Crippen molar-refractivity contribution in [1.82, 2.24) is 9.97 Å². The molecule has 1 heterocycles. The summed E-state index contributed by atoms with van der Waals surface area (Å²) in [6.45, 7) is 0.291. The Hall–Kier alpha value is -1.01. The highest BCUT2D eigenvalue weighted by molar-refractivity contribution is 7.89. The van der Waals surface area contributed by atoms with Crippen LogP contribution in [-0.4, -0.2) is 24.6 Å². The Balaban J connectivity index is 2.90. The van der Waals surface area contributed by atoms with Crippen LogP contribution in [0.1, 0.15) is 11.5 Å². The van der Waals surface area contributed by atoms with Gasteiger partial charge in [0.1, 0.15) is 11.6 Å². The van der Waals surface area contributed by atoms with E-state index in [4.69, 9.17) is 5.73 Å². The zero-order valence-corrected chi connectivity index (χ0v) is 8.08. The lowest BCUT2D eigenvalue weighted by molar-refractivity contribution is 0.599. The van der Waals surface area contributed by atoms with Gasteiger partial charge in [-0.15, -0.1) is 0 Å². The van der Waals surface area contributed by atoms with E-state index >= 15 is 0 Å². The third-order valence-corrected chi connectivity index (χ3v) is 2.15. The quantitative estimate of drug-likeness (QED) is 0.711. The molecule has 1 aromatic heterocycles. The summed E-state index contributed by atoms with van der Waals surface area (Å²) in [5.74, 6) is 0.159. The van der Waals surface area contributed by atoms with Crippen LogP contribution in [0.4, 0.5) is 0 Å². The van der Waals surface area contributed by atoms with Gasteiger partial charge in [-0.25, -0.2) is 18.4 Å². The zero-order chi connectivity index (χ0) is 9.90. The molecule has 6 heteroatoms. The molecular formula is C7H11N3O2S. The van der Waals surface area contributed by atoms with E-state index in [-0.39, 0.29) is 5.75 Å². The van der Waals surface area contributed by atoms with Crippen LogP contribution >= 0.6 is 0 Å². The van der Waals surface area contributed by atoms with Crippen molar-refractivity contribution in [1.29, 1.82) is 0 Å². The van der Waals surface area contributed by atoms with E-state index < -0.39 is 9.84 Å². The third kappa shape index (κ3) is 3.47. The Morgan fingerprint density at radius 2 is 2.23 bits per heavy atom. The highest BCUT2D eigenvalue weighted by Gasteiger charge is 2.06. The van der Waals surface area contributed by atoms with Crippen LogP contribution in [0.25, 0.3) is 0 Å². The van der Waals surface area contributed by atoms with Crippen LogP contribution in [0.2, 0.25) is 0 Å². The molecule has 13 heavy (non-hydrogen) atoms. The van der Waals surface area contributed by atoms with Gasteiger partial charge in [0.2, 0.25) is 0 Å². The number of aromatic nitrogens is 2. The van der Waals surface area contributed by atoms with Gasteiger partial charge in [0, 0.05) is 19.0 Å². The minimum Gasteiger partial charge on any atom is -0.325 e. The summed E-state index contributed by atoms with van der Waals surface area (Å²) in [5, 5.41) is 0. The van der Waals surface area contributed by atoms with Crippen molar-refractivity contribution in [3.8, 4) is 0 Å². The largest absolute Gasteiger partial charge is 0.325 e. The molecule has 0 saturated carbocycles. The van der Waals surface area contributed by atoms with E-state index in [1.165, 1.54) is 6.20 Å². The second kappa shape index (κ2) is 3.80. The maximum Gasteiger partial charge on any atom is 0.154 e. The molecule has 0 atom stereocenters. The summed E-state index contributed by atoms with van der Waals surface area (Å²) in [6, 6.07) is 1.66. The van der Waals surface area contributed by atoms with Gasteiger partial charge in [0.05, 0.1) is 5.69 Å². The minimum atomic E-state index is -3.07. The highest BCUT2D eigenvalue weighted by atomic mass is 32.2. The van der Waals surface area contributed by atoms with Crippen LogP contribution in [0.5, 0.6) is 0 Å². The van der Waals surface area contributed by atoms with Crippen molar-refractivity contribution in [2.75, 3.05) is 6.26 Å². The van der Waals surface area contributed by atoms with E-state index in [0.29, 0.717) is 18.1 Å². The molecule has 0 aliphatic carbocycles. The van der Waals surface area contributed by atoms with Crippen LogP contribution < -0.4 is 5.73 Å². The lowest BCUT2D eigenvalue weighted by Crippen LogP contribution is -2.08. The monoisotopic (exact) mass is 201 g/mol. The SMILES string of the molecule is CS(=O)(=O)Cc1nccc(CN)n1. The van der Waals surface area contributed by atoms with Gasteiger partial charge in [-0.3, -0.25) is 0 Å². The Kier molecular flexibility index (Phi) is 2.94. The second-order valence-corrected chi connectivity index (χ2v) is 4.88. The minimum absolute atomic E-state index is 0.138. The maximum atomic E-state index is 10.9. The number of nitrogens with zero attached hydrogens (tertiary/aromatic N) is 2. The molecule has 1 aromatic rings. The first kappa shape index (κ1) is 10.1. The summed E-state index contributed by atoms with van der Waals surface area (Å²) >= 11 is 0. The van der Waals surface area contributed by atoms with E-state index in [1.807, 2.05) is 0 Å². The molecule has 0 bridgehead atoms. The molecule has 0 aromatic carbocycles. The third-order valence-electron chi connectivity index (χ3n) is 1.36. The van der Waals surface area contributed by atoms with Crippen molar-refractivity contribution in [2.24, 2.45) is 5.73 Å². The van der Waals surface area contributed by atoms with Gasteiger partial charge < -0.3 is 5.73 Å². The van der Waals surface area contributed by atoms with Gasteiger partial charge in [-0.2, -0.15) is 0 Å². The molecule has 0 unspecified atom stereocenters. The van der Waals surface area contributed by atoms with E-state index in [9.17, 15) is 8.42 Å². The second-order valence-electron chi connectivity index (χ2n) is 2.74. The van der Waals surface area contributed by atoms with Crippen molar-refractivity contribution in [3.05, 3.63) is 23.8 Å². The molecule has 0 saturated heterocycles. The lowest BCUT2D eigenvalue weighted by Gasteiger charge is -1.99. The molecule has 2 N–H and O–H groups in total. The Morgan fingerprint density at radius 1 is 1.54 bits per heavy atom. The Bertz CT molecular complexity index is 388. The molecule has 0 aliphatic heterocycles. The molecule has 0 amide bonds. The zero-order valence-electron chi connectivity index (χ0n) is 7.27. The maximum absolute atomic E-state index is 10.9. The molecule has 0 fully saturated rings. The Labute approximate surface area is 76.9 Å². The predicted molar refractivity (Wildman–Crippen MR) is 48.5 cm³/mol. The predicted octanol–water partition coefficient (Wildman–Crippen LogP) is -0.520. The first-order chi connectivity index (χ1) is 6.01. The van der Waals surface area contributed by atoms with E-state index in [1.54, 1.807) is 6.07 Å². The Morgan fingerprint density at radius 3 is 2.77 bits per heavy atom. The highest BCUT2D eigenvalue weighted by Crippen LogP contribution is 1.99. The fourth-order valence-electron chi connectivity index (χ4n) is 0.859. The number of rotatable bonds is 3. The first-order valence-electron chi connectivity index (χ1n) is 3.70. The molecule has 72 valence electrons. The van der Waals surface area contributed by atoms with Gasteiger partial charge in [0.25, 0.3) is 0 Å². The number of hydrogen-bond donors (Lipinski definition) is 1. The fraction of sp³-hybridized carbons (Fsp3) is 0.429. The molecule has 0 aliphatic rings. The molecular weight excluding hydrogens is 190 g/mol. The first-order valence-corrected chi connectivity index (χ1v) is 5.76. The number of nitrogens with two attached hydrogens (primary N) is 1. The van der Waals surface area contributed by atoms with Crippen molar-refractivity contribution in [2.45, 2.75) is 12.3 Å². The fourth-order valence-corrected chi connectivity index (χ4v) is 1.47. The summed E-state index contributed by atoms with van der Waals surface area (Å²) in [6.07, 6.45) is 2.65. The van der Waals surface area contributed by atoms with Crippen molar-refractivity contribution in [3.63, 3.8) is 0 Å². The molecule has 1 rings (SSSR count). The summed E-state index contributed by atoms with van der Waals surface area (Å²) in [5.41, 5.74) is 5.99. The van der Waals surface area contributed by atoms with Crippen LogP contribution in [0.15, 0.2) is 12.3 Å². The van der Waals surface area contributed by atoms with Gasteiger partial charge in [-0.05, 0) is 6.07 Å². The van der Waals surface area contributed by atoms with Crippen LogP contribution in [-0.2, 0) is 22.1 Å². The molecule has 0 spiro atoms. The van der Waals surface area contributed by atoms with Gasteiger partial charge in [0.15, 0.2) is 9.84 Å². The van der Waals surface area contributed by atoms with Gasteiger partial charge >= 0.3 is 0 Å². The topological polar surface area (TPSA) is 85.9 Å². The number of sulfone groups is 1. The van der Waals surface area contributed by atoms with E-state index in [2.05, 4.69) is 9.97 Å². The van der Waals surface area contributed by atoms with Gasteiger partial charge in [-0.1, -0.05) is 0 Å². The average Bonchev–Trinajstić information content (AvgIpc) is 2.01. The number of hydrogen-bond acceptors (Lipinski definition) is 5. The van der Waals surface area contributed by atoms with E-state index in [0.717, 1.165) is 6.26 Å². The summed E-state index contributed by atoms with van der Waals surface area (Å²) in [7, 11) is -3.07. The molecule has 5 nitrogen and oxygen atoms in total. The molecule has 0 radical (unpaired) electrons. The van der Waals surface area contributed by atoms with Crippen molar-refractivity contribution < 1.29 is 8.42 Å². The normalized spacial score (nSPS) is 11.5. The summed E-state index contributed by atoms with van der Waals surface area (Å²) in [4.78, 5) is 7.79. The standard InChI is InChI=1S/C7H11N3O2S/c1-13(11,12)5-7-9-3-2-6(4-8)10-7/h2-3H,4-5,8H2,1H3. The van der Waals surface area contributed by atoms with Crippen LogP contribution in [0, 0.1) is 0 Å². The van der Waals surface area contributed by atoms with Crippen LogP contribution in [0.3, 0.4) is 0 Å².